The van der Waals surface area contributed by atoms with Crippen LogP contribution in [-0.4, -0.2) is 17.4 Å². The molecule has 4 nitrogen and oxygen atoms in total. The molecular weight excluding hydrogens is 302 g/mol. The van der Waals surface area contributed by atoms with Crippen molar-refractivity contribution in [1.29, 1.82) is 0 Å². The van der Waals surface area contributed by atoms with Crippen LogP contribution in [0.3, 0.4) is 0 Å². The standard InChI is InChI=1S/C17H16F2N2O2/c1-17(2)7-8-21(16(17)22)15-6-4-12(10-20-15)23-11-3-5-13(18)14(19)9-11/h3-6,9-10H,7-8H2,1-2H3. The third kappa shape index (κ3) is 3.02. The first-order valence-electron chi connectivity index (χ1n) is 7.28. The Morgan fingerprint density at radius 1 is 1.13 bits per heavy atom. The first kappa shape index (κ1) is 15.4. The van der Waals surface area contributed by atoms with E-state index in [-0.39, 0.29) is 17.1 Å². The van der Waals surface area contributed by atoms with Crippen molar-refractivity contribution >= 4 is 11.7 Å². The minimum Gasteiger partial charge on any atom is -0.456 e. The number of nitrogens with zero attached hydrogens (tertiary/aromatic N) is 2. The van der Waals surface area contributed by atoms with Gasteiger partial charge < -0.3 is 4.74 Å². The average molecular weight is 318 g/mol. The quantitative estimate of drug-likeness (QED) is 0.861. The number of aromatic nitrogens is 1. The van der Waals surface area contributed by atoms with Gasteiger partial charge in [0.2, 0.25) is 5.91 Å². The average Bonchev–Trinajstić information content (AvgIpc) is 2.78. The monoisotopic (exact) mass is 318 g/mol. The van der Waals surface area contributed by atoms with Gasteiger partial charge in [-0.15, -0.1) is 0 Å². The number of benzene rings is 1. The summed E-state index contributed by atoms with van der Waals surface area (Å²) < 4.78 is 31.5. The number of halogens is 2. The lowest BCUT2D eigenvalue weighted by Gasteiger charge is -2.18. The van der Waals surface area contributed by atoms with E-state index in [0.29, 0.717) is 18.1 Å². The molecule has 1 aliphatic rings. The van der Waals surface area contributed by atoms with Crippen LogP contribution in [0.1, 0.15) is 20.3 Å². The molecule has 0 spiro atoms. The fraction of sp³-hybridized carbons (Fsp3) is 0.294. The van der Waals surface area contributed by atoms with E-state index in [2.05, 4.69) is 4.98 Å². The Bertz CT molecular complexity index is 745. The van der Waals surface area contributed by atoms with Crippen molar-refractivity contribution in [3.8, 4) is 11.5 Å². The van der Waals surface area contributed by atoms with Gasteiger partial charge in [0.05, 0.1) is 6.20 Å². The maximum Gasteiger partial charge on any atom is 0.233 e. The summed E-state index contributed by atoms with van der Waals surface area (Å²) in [5, 5.41) is 0. The molecule has 1 aromatic carbocycles. The third-order valence-electron chi connectivity index (χ3n) is 3.91. The Morgan fingerprint density at radius 2 is 1.87 bits per heavy atom. The first-order valence-corrected chi connectivity index (χ1v) is 7.28. The number of carbonyl (C=O) groups is 1. The molecule has 2 aromatic rings. The van der Waals surface area contributed by atoms with Crippen molar-refractivity contribution in [3.63, 3.8) is 0 Å². The normalized spacial score (nSPS) is 16.7. The summed E-state index contributed by atoms with van der Waals surface area (Å²) in [6, 6.07) is 6.61. The number of amides is 1. The Kier molecular flexibility index (Phi) is 3.75. The van der Waals surface area contributed by atoms with Crippen LogP contribution in [0.5, 0.6) is 11.5 Å². The van der Waals surface area contributed by atoms with Crippen molar-refractivity contribution in [2.24, 2.45) is 5.41 Å². The molecule has 2 heterocycles. The Balaban J connectivity index is 1.75. The van der Waals surface area contributed by atoms with E-state index in [4.69, 9.17) is 4.74 Å². The molecule has 0 saturated carbocycles. The summed E-state index contributed by atoms with van der Waals surface area (Å²) >= 11 is 0. The molecule has 1 aliphatic heterocycles. The molecule has 1 saturated heterocycles. The lowest BCUT2D eigenvalue weighted by atomic mass is 9.92. The minimum atomic E-state index is -0.975. The lowest BCUT2D eigenvalue weighted by molar-refractivity contribution is -0.124. The highest BCUT2D eigenvalue weighted by Gasteiger charge is 2.39. The first-order chi connectivity index (χ1) is 10.9. The van der Waals surface area contributed by atoms with Gasteiger partial charge in [0.15, 0.2) is 11.6 Å². The highest BCUT2D eigenvalue weighted by molar-refractivity contribution is 5.98. The van der Waals surface area contributed by atoms with Crippen LogP contribution in [0, 0.1) is 17.0 Å². The van der Waals surface area contributed by atoms with Gasteiger partial charge in [-0.05, 0) is 30.7 Å². The second-order valence-electron chi connectivity index (χ2n) is 6.12. The summed E-state index contributed by atoms with van der Waals surface area (Å²) in [7, 11) is 0. The van der Waals surface area contributed by atoms with Gasteiger partial charge in [-0.1, -0.05) is 13.8 Å². The number of anilines is 1. The topological polar surface area (TPSA) is 42.4 Å². The van der Waals surface area contributed by atoms with Gasteiger partial charge in [-0.3, -0.25) is 9.69 Å². The van der Waals surface area contributed by atoms with Crippen LogP contribution in [0.4, 0.5) is 14.6 Å². The molecule has 1 amide bonds. The number of pyridine rings is 1. The maximum absolute atomic E-state index is 13.2. The second kappa shape index (κ2) is 5.61. The highest BCUT2D eigenvalue weighted by Crippen LogP contribution is 2.33. The zero-order chi connectivity index (χ0) is 16.6. The van der Waals surface area contributed by atoms with Gasteiger partial charge in [0, 0.05) is 18.0 Å². The SMILES string of the molecule is CC1(C)CCN(c2ccc(Oc3ccc(F)c(F)c3)cn2)C1=O. The van der Waals surface area contributed by atoms with Crippen LogP contribution in [0.15, 0.2) is 36.5 Å². The molecule has 0 radical (unpaired) electrons. The summed E-state index contributed by atoms with van der Waals surface area (Å²) in [4.78, 5) is 18.1. The number of hydrogen-bond donors (Lipinski definition) is 0. The molecule has 0 aliphatic carbocycles. The lowest BCUT2D eigenvalue weighted by Crippen LogP contribution is -2.31. The van der Waals surface area contributed by atoms with E-state index >= 15 is 0 Å². The molecule has 120 valence electrons. The molecule has 0 bridgehead atoms. The number of ether oxygens (including phenoxy) is 1. The molecule has 0 unspecified atom stereocenters. The van der Waals surface area contributed by atoms with Crippen molar-refractivity contribution in [2.45, 2.75) is 20.3 Å². The summed E-state index contributed by atoms with van der Waals surface area (Å²) in [6.07, 6.45) is 2.23. The van der Waals surface area contributed by atoms with Gasteiger partial charge in [-0.25, -0.2) is 13.8 Å². The molecule has 23 heavy (non-hydrogen) atoms. The van der Waals surface area contributed by atoms with E-state index in [1.54, 1.807) is 17.0 Å². The van der Waals surface area contributed by atoms with Crippen LogP contribution < -0.4 is 9.64 Å². The predicted molar refractivity (Wildman–Crippen MR) is 81.4 cm³/mol. The minimum absolute atomic E-state index is 0.0410. The van der Waals surface area contributed by atoms with Crippen LogP contribution in [-0.2, 0) is 4.79 Å². The van der Waals surface area contributed by atoms with E-state index in [1.165, 1.54) is 12.3 Å². The Hall–Kier alpha value is -2.50. The van der Waals surface area contributed by atoms with Crippen LogP contribution in [0.25, 0.3) is 0 Å². The van der Waals surface area contributed by atoms with Crippen molar-refractivity contribution in [1.82, 2.24) is 4.98 Å². The smallest absolute Gasteiger partial charge is 0.233 e. The number of rotatable bonds is 3. The van der Waals surface area contributed by atoms with Gasteiger partial charge in [0.25, 0.3) is 0 Å². The van der Waals surface area contributed by atoms with E-state index in [1.807, 2.05) is 13.8 Å². The van der Waals surface area contributed by atoms with Gasteiger partial charge >= 0.3 is 0 Å². The predicted octanol–water partition coefficient (Wildman–Crippen LogP) is 3.92. The zero-order valence-corrected chi connectivity index (χ0v) is 12.8. The van der Waals surface area contributed by atoms with Gasteiger partial charge in [-0.2, -0.15) is 0 Å². The van der Waals surface area contributed by atoms with Crippen molar-refractivity contribution in [3.05, 3.63) is 48.2 Å². The Morgan fingerprint density at radius 3 is 2.43 bits per heavy atom. The fourth-order valence-corrected chi connectivity index (χ4v) is 2.45. The van der Waals surface area contributed by atoms with Gasteiger partial charge in [0.1, 0.15) is 17.3 Å². The molecule has 1 aromatic heterocycles. The van der Waals surface area contributed by atoms with Crippen molar-refractivity contribution in [2.75, 3.05) is 11.4 Å². The molecule has 0 N–H and O–H groups in total. The van der Waals surface area contributed by atoms with E-state index in [9.17, 15) is 13.6 Å². The molecule has 0 atom stereocenters. The summed E-state index contributed by atoms with van der Waals surface area (Å²) in [5.74, 6) is -0.752. The van der Waals surface area contributed by atoms with Crippen LogP contribution >= 0.6 is 0 Å². The molecule has 6 heteroatoms. The highest BCUT2D eigenvalue weighted by atomic mass is 19.2. The fourth-order valence-electron chi connectivity index (χ4n) is 2.45. The maximum atomic E-state index is 13.2. The summed E-state index contributed by atoms with van der Waals surface area (Å²) in [5.41, 5.74) is -0.373. The number of carbonyl (C=O) groups excluding carboxylic acids is 1. The molecule has 1 fully saturated rings. The Labute approximate surface area is 132 Å². The van der Waals surface area contributed by atoms with Crippen LogP contribution in [0.2, 0.25) is 0 Å². The second-order valence-corrected chi connectivity index (χ2v) is 6.12. The third-order valence-corrected chi connectivity index (χ3v) is 3.91. The zero-order valence-electron chi connectivity index (χ0n) is 12.8. The molecule has 3 rings (SSSR count). The largest absolute Gasteiger partial charge is 0.456 e. The molecular formula is C17H16F2N2O2. The van der Waals surface area contributed by atoms with Crippen molar-refractivity contribution < 1.29 is 18.3 Å². The van der Waals surface area contributed by atoms with E-state index < -0.39 is 11.6 Å². The summed E-state index contributed by atoms with van der Waals surface area (Å²) in [6.45, 7) is 4.45. The number of hydrogen-bond acceptors (Lipinski definition) is 3. The van der Waals surface area contributed by atoms with E-state index in [0.717, 1.165) is 18.6 Å².